The number of aromatic nitrogens is 2. The minimum Gasteiger partial charge on any atom is -0.377 e. The van der Waals surface area contributed by atoms with Gasteiger partial charge in [0.25, 0.3) is 0 Å². The van der Waals surface area contributed by atoms with Crippen LogP contribution in [0.15, 0.2) is 6.07 Å². The van der Waals surface area contributed by atoms with Gasteiger partial charge in [0.1, 0.15) is 23.1 Å². The maximum atomic E-state index is 11.9. The van der Waals surface area contributed by atoms with Crippen molar-refractivity contribution in [2.45, 2.75) is 26.0 Å². The Hall–Kier alpha value is -1.40. The molecule has 1 saturated heterocycles. The molecule has 1 amide bonds. The number of anilines is 1. The molecule has 0 spiro atoms. The van der Waals surface area contributed by atoms with Gasteiger partial charge in [-0.15, -0.1) is 0 Å². The summed E-state index contributed by atoms with van der Waals surface area (Å²) in [5, 5.41) is 3.19. The predicted octanol–water partition coefficient (Wildman–Crippen LogP) is 0.991. The molecule has 104 valence electrons. The lowest BCUT2D eigenvalue weighted by Crippen LogP contribution is -2.62. The molecule has 1 aliphatic heterocycles. The molecule has 0 atom stereocenters. The molecule has 1 aromatic heterocycles. The summed E-state index contributed by atoms with van der Waals surface area (Å²) in [7, 11) is 1.57. The molecule has 0 bridgehead atoms. The summed E-state index contributed by atoms with van der Waals surface area (Å²) in [6, 6.07) is 1.67. The summed E-state index contributed by atoms with van der Waals surface area (Å²) in [6.07, 6.45) is 0. The van der Waals surface area contributed by atoms with E-state index in [1.807, 2.05) is 18.7 Å². The Morgan fingerprint density at radius 2 is 2.26 bits per heavy atom. The normalized spacial score (nSPS) is 18.3. The zero-order valence-electron chi connectivity index (χ0n) is 11.2. The van der Waals surface area contributed by atoms with Crippen molar-refractivity contribution in [1.82, 2.24) is 15.3 Å². The number of hydrogen-bond donors (Lipinski definition) is 1. The predicted molar refractivity (Wildman–Crippen MR) is 72.2 cm³/mol. The third-order valence-corrected chi connectivity index (χ3v) is 3.32. The molecule has 2 rings (SSSR count). The number of nitrogens with zero attached hydrogens (tertiary/aromatic N) is 3. The maximum Gasteiger partial charge on any atom is 0.245 e. The summed E-state index contributed by atoms with van der Waals surface area (Å²) in [5.74, 6) is 1.13. The van der Waals surface area contributed by atoms with Gasteiger partial charge in [-0.2, -0.15) is 0 Å². The summed E-state index contributed by atoms with van der Waals surface area (Å²) in [6.45, 7) is 5.26. The van der Waals surface area contributed by atoms with Crippen LogP contribution in [0.1, 0.15) is 19.7 Å². The number of carbonyl (C=O) groups excluding carboxylic acids is 1. The Kier molecular flexibility index (Phi) is 3.91. The van der Waals surface area contributed by atoms with Crippen molar-refractivity contribution in [2.24, 2.45) is 0 Å². The van der Waals surface area contributed by atoms with E-state index in [0.717, 1.165) is 0 Å². The summed E-state index contributed by atoms with van der Waals surface area (Å²) >= 11 is 6.00. The molecule has 1 fully saturated rings. The number of carbonyl (C=O) groups is 1. The molecule has 1 aliphatic rings. The van der Waals surface area contributed by atoms with Gasteiger partial charge in [-0.05, 0) is 13.8 Å². The largest absolute Gasteiger partial charge is 0.377 e. The number of rotatable bonds is 3. The maximum absolute atomic E-state index is 11.9. The van der Waals surface area contributed by atoms with E-state index in [-0.39, 0.29) is 12.5 Å². The highest BCUT2D eigenvalue weighted by atomic mass is 35.5. The van der Waals surface area contributed by atoms with Gasteiger partial charge in [0.05, 0.1) is 0 Å². The van der Waals surface area contributed by atoms with Gasteiger partial charge >= 0.3 is 0 Å². The highest BCUT2D eigenvalue weighted by Crippen LogP contribution is 2.26. The second-order valence-electron chi connectivity index (χ2n) is 4.86. The molecule has 2 heterocycles. The Morgan fingerprint density at radius 1 is 1.53 bits per heavy atom. The molecule has 0 aromatic carbocycles. The van der Waals surface area contributed by atoms with E-state index in [2.05, 4.69) is 15.3 Å². The first-order valence-electron chi connectivity index (χ1n) is 6.03. The van der Waals surface area contributed by atoms with Crippen LogP contribution < -0.4 is 10.2 Å². The Bertz CT molecular complexity index is 493. The summed E-state index contributed by atoms with van der Waals surface area (Å²) in [5.41, 5.74) is -0.666. The van der Waals surface area contributed by atoms with E-state index in [9.17, 15) is 4.79 Å². The molecular formula is C12H17ClN4O2. The van der Waals surface area contributed by atoms with Crippen molar-refractivity contribution >= 4 is 23.3 Å². The van der Waals surface area contributed by atoms with E-state index >= 15 is 0 Å². The quantitative estimate of drug-likeness (QED) is 0.839. The van der Waals surface area contributed by atoms with E-state index in [0.29, 0.717) is 29.9 Å². The lowest BCUT2D eigenvalue weighted by molar-refractivity contribution is -0.126. The number of nitrogens with one attached hydrogen (secondary N) is 1. The molecule has 19 heavy (non-hydrogen) atoms. The van der Waals surface area contributed by atoms with Crippen molar-refractivity contribution in [2.75, 3.05) is 25.1 Å². The number of amides is 1. The standard InChI is InChI=1S/C12H17ClN4O2/c1-12(2)11(18)14-4-5-17(12)10-6-8(13)15-9(16-10)7-19-3/h6H,4-5,7H2,1-3H3,(H,14,18). The van der Waals surface area contributed by atoms with Crippen LogP contribution in [0.2, 0.25) is 5.15 Å². The summed E-state index contributed by atoms with van der Waals surface area (Å²) in [4.78, 5) is 22.4. The second-order valence-corrected chi connectivity index (χ2v) is 5.25. The van der Waals surface area contributed by atoms with Crippen LogP contribution in [-0.2, 0) is 16.1 Å². The van der Waals surface area contributed by atoms with Crippen molar-refractivity contribution in [3.63, 3.8) is 0 Å². The van der Waals surface area contributed by atoms with Gasteiger partial charge in [0.15, 0.2) is 5.82 Å². The van der Waals surface area contributed by atoms with E-state index in [4.69, 9.17) is 16.3 Å². The zero-order chi connectivity index (χ0) is 14.0. The van der Waals surface area contributed by atoms with E-state index in [1.165, 1.54) is 0 Å². The van der Waals surface area contributed by atoms with Gasteiger partial charge < -0.3 is 15.0 Å². The van der Waals surface area contributed by atoms with Crippen LogP contribution in [0.25, 0.3) is 0 Å². The molecule has 7 heteroatoms. The van der Waals surface area contributed by atoms with Crippen molar-refractivity contribution < 1.29 is 9.53 Å². The monoisotopic (exact) mass is 284 g/mol. The second kappa shape index (κ2) is 5.30. The number of methoxy groups -OCH3 is 1. The number of piperazine rings is 1. The Morgan fingerprint density at radius 3 is 2.95 bits per heavy atom. The van der Waals surface area contributed by atoms with Crippen LogP contribution in [-0.4, -0.2) is 41.6 Å². The zero-order valence-corrected chi connectivity index (χ0v) is 12.0. The Balaban J connectivity index is 2.37. The SMILES string of the molecule is COCc1nc(Cl)cc(N2CCNC(=O)C2(C)C)n1. The van der Waals surface area contributed by atoms with Crippen LogP contribution in [0.4, 0.5) is 5.82 Å². The third kappa shape index (κ3) is 2.79. The van der Waals surface area contributed by atoms with Crippen LogP contribution in [0.3, 0.4) is 0 Å². The first-order chi connectivity index (χ1) is 8.95. The van der Waals surface area contributed by atoms with Crippen molar-refractivity contribution in [3.8, 4) is 0 Å². The fourth-order valence-corrected chi connectivity index (χ4v) is 2.28. The average molecular weight is 285 g/mol. The lowest BCUT2D eigenvalue weighted by atomic mass is 9.99. The Labute approximate surface area is 117 Å². The molecule has 1 aromatic rings. The van der Waals surface area contributed by atoms with Gasteiger partial charge in [-0.1, -0.05) is 11.6 Å². The number of halogens is 1. The lowest BCUT2D eigenvalue weighted by Gasteiger charge is -2.42. The highest BCUT2D eigenvalue weighted by molar-refractivity contribution is 6.29. The van der Waals surface area contributed by atoms with Gasteiger partial charge in [0, 0.05) is 26.3 Å². The highest BCUT2D eigenvalue weighted by Gasteiger charge is 2.38. The molecule has 1 N–H and O–H groups in total. The van der Waals surface area contributed by atoms with E-state index < -0.39 is 5.54 Å². The van der Waals surface area contributed by atoms with Crippen LogP contribution in [0.5, 0.6) is 0 Å². The minimum atomic E-state index is -0.666. The number of hydrogen-bond acceptors (Lipinski definition) is 5. The van der Waals surface area contributed by atoms with Crippen LogP contribution in [0, 0.1) is 0 Å². The van der Waals surface area contributed by atoms with Crippen LogP contribution >= 0.6 is 11.6 Å². The molecule has 0 radical (unpaired) electrons. The topological polar surface area (TPSA) is 67.3 Å². The van der Waals surface area contributed by atoms with Crippen molar-refractivity contribution in [1.29, 1.82) is 0 Å². The third-order valence-electron chi connectivity index (χ3n) is 3.13. The molecule has 6 nitrogen and oxygen atoms in total. The average Bonchev–Trinajstić information content (AvgIpc) is 2.32. The fourth-order valence-electron chi connectivity index (χ4n) is 2.08. The van der Waals surface area contributed by atoms with Gasteiger partial charge in [-0.3, -0.25) is 4.79 Å². The first kappa shape index (κ1) is 14.0. The van der Waals surface area contributed by atoms with Gasteiger partial charge in [0.2, 0.25) is 5.91 Å². The molecule has 0 aliphatic carbocycles. The smallest absolute Gasteiger partial charge is 0.245 e. The van der Waals surface area contributed by atoms with Gasteiger partial charge in [-0.25, -0.2) is 9.97 Å². The van der Waals surface area contributed by atoms with E-state index in [1.54, 1.807) is 13.2 Å². The first-order valence-corrected chi connectivity index (χ1v) is 6.41. The van der Waals surface area contributed by atoms with Crippen molar-refractivity contribution in [3.05, 3.63) is 17.0 Å². The number of ether oxygens (including phenoxy) is 1. The molecule has 0 unspecified atom stereocenters. The minimum absolute atomic E-state index is 0.0261. The molecular weight excluding hydrogens is 268 g/mol. The summed E-state index contributed by atoms with van der Waals surface area (Å²) < 4.78 is 5.02. The molecule has 0 saturated carbocycles. The fraction of sp³-hybridized carbons (Fsp3) is 0.583.